The fraction of sp³-hybridized carbons (Fsp3) is 0.933. The summed E-state index contributed by atoms with van der Waals surface area (Å²) in [4.78, 5) is 14.0. The molecular weight excluding hydrogens is 226 g/mol. The molecule has 0 unspecified atom stereocenters. The van der Waals surface area contributed by atoms with E-state index in [1.807, 2.05) is 0 Å². The van der Waals surface area contributed by atoms with Crippen molar-refractivity contribution in [2.75, 3.05) is 19.6 Å². The monoisotopic (exact) mass is 253 g/mol. The van der Waals surface area contributed by atoms with Gasteiger partial charge in [0.25, 0.3) is 0 Å². The minimum atomic E-state index is -0.567. The summed E-state index contributed by atoms with van der Waals surface area (Å²) in [6.07, 6.45) is 3.89. The molecule has 2 rings (SSSR count). The SMILES string of the molecule is CC1CCC(CN2CC(C(C)C)C2)(C(=O)O)CC1. The molecule has 104 valence electrons. The van der Waals surface area contributed by atoms with Crippen LogP contribution in [0.25, 0.3) is 0 Å². The number of aliphatic carboxylic acids is 1. The van der Waals surface area contributed by atoms with E-state index < -0.39 is 11.4 Å². The predicted octanol–water partition coefficient (Wildman–Crippen LogP) is 2.86. The summed E-state index contributed by atoms with van der Waals surface area (Å²) in [6, 6.07) is 0. The van der Waals surface area contributed by atoms with Crippen LogP contribution in [0.4, 0.5) is 0 Å². The van der Waals surface area contributed by atoms with Crippen LogP contribution in [0.5, 0.6) is 0 Å². The Morgan fingerprint density at radius 3 is 2.33 bits per heavy atom. The number of hydrogen-bond donors (Lipinski definition) is 1. The maximum atomic E-state index is 11.6. The average Bonchev–Trinajstić information content (AvgIpc) is 2.25. The summed E-state index contributed by atoms with van der Waals surface area (Å²) in [6.45, 7) is 9.74. The predicted molar refractivity (Wildman–Crippen MR) is 72.5 cm³/mol. The van der Waals surface area contributed by atoms with Crippen molar-refractivity contribution in [3.05, 3.63) is 0 Å². The van der Waals surface area contributed by atoms with Gasteiger partial charge in [0.2, 0.25) is 0 Å². The third-order valence-electron chi connectivity index (χ3n) is 5.14. The van der Waals surface area contributed by atoms with Gasteiger partial charge in [-0.3, -0.25) is 4.79 Å². The standard InChI is InChI=1S/C15H27NO2/c1-11(2)13-8-16(9-13)10-15(14(17)18)6-4-12(3)5-7-15/h11-13H,4-10H2,1-3H3,(H,17,18). The number of carboxylic acids is 1. The zero-order valence-electron chi connectivity index (χ0n) is 12.0. The molecule has 1 aliphatic carbocycles. The molecule has 0 bridgehead atoms. The maximum absolute atomic E-state index is 11.6. The fourth-order valence-corrected chi connectivity index (χ4v) is 3.34. The van der Waals surface area contributed by atoms with Gasteiger partial charge in [-0.05, 0) is 43.4 Å². The Bertz CT molecular complexity index is 300. The van der Waals surface area contributed by atoms with Gasteiger partial charge in [0, 0.05) is 19.6 Å². The quantitative estimate of drug-likeness (QED) is 0.837. The van der Waals surface area contributed by atoms with E-state index in [0.717, 1.165) is 57.2 Å². The molecule has 18 heavy (non-hydrogen) atoms. The molecule has 1 aliphatic heterocycles. The van der Waals surface area contributed by atoms with Crippen molar-refractivity contribution in [3.63, 3.8) is 0 Å². The van der Waals surface area contributed by atoms with Crippen molar-refractivity contribution in [1.29, 1.82) is 0 Å². The van der Waals surface area contributed by atoms with Gasteiger partial charge in [0.1, 0.15) is 0 Å². The maximum Gasteiger partial charge on any atom is 0.310 e. The summed E-state index contributed by atoms with van der Waals surface area (Å²) in [7, 11) is 0. The lowest BCUT2D eigenvalue weighted by Gasteiger charge is -2.47. The van der Waals surface area contributed by atoms with E-state index in [1.54, 1.807) is 0 Å². The van der Waals surface area contributed by atoms with Gasteiger partial charge >= 0.3 is 5.97 Å². The first kappa shape index (κ1) is 13.9. The van der Waals surface area contributed by atoms with E-state index in [-0.39, 0.29) is 0 Å². The van der Waals surface area contributed by atoms with Crippen molar-refractivity contribution in [1.82, 2.24) is 4.90 Å². The molecule has 3 nitrogen and oxygen atoms in total. The zero-order chi connectivity index (χ0) is 13.3. The minimum Gasteiger partial charge on any atom is -0.481 e. The molecule has 0 atom stereocenters. The van der Waals surface area contributed by atoms with Crippen molar-refractivity contribution in [2.45, 2.75) is 46.5 Å². The first-order valence-corrected chi connectivity index (χ1v) is 7.39. The van der Waals surface area contributed by atoms with Crippen LogP contribution in [0.15, 0.2) is 0 Å². The van der Waals surface area contributed by atoms with Gasteiger partial charge in [-0.15, -0.1) is 0 Å². The van der Waals surface area contributed by atoms with Crippen LogP contribution in [0.2, 0.25) is 0 Å². The smallest absolute Gasteiger partial charge is 0.310 e. The van der Waals surface area contributed by atoms with Gasteiger partial charge in [-0.1, -0.05) is 20.8 Å². The highest BCUT2D eigenvalue weighted by molar-refractivity contribution is 5.75. The molecule has 0 amide bonds. The zero-order valence-corrected chi connectivity index (χ0v) is 12.0. The third kappa shape index (κ3) is 2.71. The summed E-state index contributed by atoms with van der Waals surface area (Å²) in [5.74, 6) is 1.64. The van der Waals surface area contributed by atoms with Crippen LogP contribution in [0.1, 0.15) is 46.5 Å². The Kier molecular flexibility index (Phi) is 4.00. The molecule has 2 fully saturated rings. The van der Waals surface area contributed by atoms with Crippen LogP contribution in [-0.2, 0) is 4.79 Å². The Balaban J connectivity index is 1.90. The second-order valence-electron chi connectivity index (χ2n) is 6.97. The number of hydrogen-bond acceptors (Lipinski definition) is 2. The number of nitrogens with zero attached hydrogens (tertiary/aromatic N) is 1. The van der Waals surface area contributed by atoms with Crippen LogP contribution >= 0.6 is 0 Å². The molecule has 1 saturated heterocycles. The van der Waals surface area contributed by atoms with Crippen molar-refractivity contribution in [3.8, 4) is 0 Å². The Morgan fingerprint density at radius 1 is 1.33 bits per heavy atom. The van der Waals surface area contributed by atoms with Crippen LogP contribution < -0.4 is 0 Å². The van der Waals surface area contributed by atoms with E-state index in [4.69, 9.17) is 0 Å². The van der Waals surface area contributed by atoms with E-state index >= 15 is 0 Å². The summed E-state index contributed by atoms with van der Waals surface area (Å²) in [5, 5.41) is 9.59. The van der Waals surface area contributed by atoms with Crippen molar-refractivity contribution < 1.29 is 9.90 Å². The molecule has 3 heteroatoms. The lowest BCUT2D eigenvalue weighted by Crippen LogP contribution is -2.55. The van der Waals surface area contributed by atoms with Gasteiger partial charge in [-0.25, -0.2) is 0 Å². The summed E-state index contributed by atoms with van der Waals surface area (Å²) >= 11 is 0. The molecule has 0 spiro atoms. The molecule has 1 N–H and O–H groups in total. The second kappa shape index (κ2) is 5.20. The van der Waals surface area contributed by atoms with Gasteiger partial charge < -0.3 is 10.0 Å². The first-order chi connectivity index (χ1) is 8.43. The molecule has 1 heterocycles. The lowest BCUT2D eigenvalue weighted by atomic mass is 9.69. The summed E-state index contributed by atoms with van der Waals surface area (Å²) < 4.78 is 0. The van der Waals surface area contributed by atoms with E-state index in [0.29, 0.717) is 5.92 Å². The van der Waals surface area contributed by atoms with E-state index in [2.05, 4.69) is 25.7 Å². The van der Waals surface area contributed by atoms with E-state index in [9.17, 15) is 9.90 Å². The molecule has 0 aromatic rings. The molecule has 2 aliphatic rings. The second-order valence-corrected chi connectivity index (χ2v) is 6.97. The Hall–Kier alpha value is -0.570. The average molecular weight is 253 g/mol. The number of rotatable bonds is 4. The van der Waals surface area contributed by atoms with Gasteiger partial charge in [0.15, 0.2) is 0 Å². The number of likely N-dealkylation sites (tertiary alicyclic amines) is 1. The van der Waals surface area contributed by atoms with Crippen molar-refractivity contribution >= 4 is 5.97 Å². The van der Waals surface area contributed by atoms with Crippen LogP contribution in [0, 0.1) is 23.2 Å². The highest BCUT2D eigenvalue weighted by atomic mass is 16.4. The van der Waals surface area contributed by atoms with Gasteiger partial charge in [0.05, 0.1) is 5.41 Å². The highest BCUT2D eigenvalue weighted by Crippen LogP contribution is 2.41. The Morgan fingerprint density at radius 2 is 1.89 bits per heavy atom. The highest BCUT2D eigenvalue weighted by Gasteiger charge is 2.44. The van der Waals surface area contributed by atoms with Crippen LogP contribution in [-0.4, -0.2) is 35.6 Å². The lowest BCUT2D eigenvalue weighted by molar-refractivity contribution is -0.154. The molecular formula is C15H27NO2. The van der Waals surface area contributed by atoms with E-state index in [1.165, 1.54) is 0 Å². The molecule has 0 aromatic heterocycles. The Labute approximate surface area is 111 Å². The molecule has 0 radical (unpaired) electrons. The number of carboxylic acid groups (broad SMARTS) is 1. The first-order valence-electron chi connectivity index (χ1n) is 7.39. The number of carbonyl (C=O) groups is 1. The third-order valence-corrected chi connectivity index (χ3v) is 5.14. The van der Waals surface area contributed by atoms with Gasteiger partial charge in [-0.2, -0.15) is 0 Å². The van der Waals surface area contributed by atoms with Crippen molar-refractivity contribution in [2.24, 2.45) is 23.2 Å². The largest absolute Gasteiger partial charge is 0.481 e. The normalized spacial score (nSPS) is 34.6. The molecule has 0 aromatic carbocycles. The van der Waals surface area contributed by atoms with Crippen LogP contribution in [0.3, 0.4) is 0 Å². The summed E-state index contributed by atoms with van der Waals surface area (Å²) in [5.41, 5.74) is -0.450. The minimum absolute atomic E-state index is 0.450. The molecule has 1 saturated carbocycles. The fourth-order valence-electron chi connectivity index (χ4n) is 3.34. The topological polar surface area (TPSA) is 40.5 Å².